The van der Waals surface area contributed by atoms with Crippen molar-refractivity contribution in [1.82, 2.24) is 5.32 Å². The molecule has 0 fully saturated rings. The van der Waals surface area contributed by atoms with Crippen LogP contribution in [0.5, 0.6) is 0 Å². The monoisotopic (exact) mass is 259 g/mol. The fourth-order valence-electron chi connectivity index (χ4n) is 1.99. The van der Waals surface area contributed by atoms with Gasteiger partial charge in [0.25, 0.3) is 0 Å². The van der Waals surface area contributed by atoms with Gasteiger partial charge in [0.1, 0.15) is 0 Å². The Balaban J connectivity index is 2.59. The van der Waals surface area contributed by atoms with Crippen molar-refractivity contribution < 1.29 is 13.2 Å². The molecule has 0 radical (unpaired) electrons. The SMILES string of the molecule is CNC(CCc1ccc(C(F)(F)F)cc1)C(C)C. The van der Waals surface area contributed by atoms with Crippen LogP contribution in [0, 0.1) is 5.92 Å². The van der Waals surface area contributed by atoms with E-state index in [9.17, 15) is 13.2 Å². The standard InChI is InChI=1S/C14H20F3N/c1-10(2)13(18-3)9-6-11-4-7-12(8-5-11)14(15,16)17/h4-5,7-8,10,13,18H,6,9H2,1-3H3. The number of benzene rings is 1. The molecule has 1 atom stereocenters. The summed E-state index contributed by atoms with van der Waals surface area (Å²) >= 11 is 0. The van der Waals surface area contributed by atoms with E-state index in [4.69, 9.17) is 0 Å². The van der Waals surface area contributed by atoms with Gasteiger partial charge in [0.15, 0.2) is 0 Å². The number of alkyl halides is 3. The molecule has 1 aromatic rings. The summed E-state index contributed by atoms with van der Waals surface area (Å²) in [6, 6.07) is 5.83. The maximum absolute atomic E-state index is 12.4. The van der Waals surface area contributed by atoms with Crippen molar-refractivity contribution in [3.8, 4) is 0 Å². The Morgan fingerprint density at radius 2 is 1.67 bits per heavy atom. The van der Waals surface area contributed by atoms with E-state index in [2.05, 4.69) is 19.2 Å². The first-order valence-corrected chi connectivity index (χ1v) is 6.18. The molecule has 1 nitrogen and oxygen atoms in total. The molecule has 1 unspecified atom stereocenters. The van der Waals surface area contributed by atoms with E-state index in [0.717, 1.165) is 30.5 Å². The quantitative estimate of drug-likeness (QED) is 0.846. The highest BCUT2D eigenvalue weighted by Gasteiger charge is 2.29. The molecule has 0 saturated heterocycles. The molecule has 4 heteroatoms. The van der Waals surface area contributed by atoms with Crippen LogP contribution in [0.2, 0.25) is 0 Å². The summed E-state index contributed by atoms with van der Waals surface area (Å²) in [6.45, 7) is 4.27. The lowest BCUT2D eigenvalue weighted by molar-refractivity contribution is -0.137. The second kappa shape index (κ2) is 6.23. The summed E-state index contributed by atoms with van der Waals surface area (Å²) in [7, 11) is 1.91. The van der Waals surface area contributed by atoms with Crippen LogP contribution >= 0.6 is 0 Å². The van der Waals surface area contributed by atoms with Crippen LogP contribution in [0.15, 0.2) is 24.3 Å². The van der Waals surface area contributed by atoms with Crippen molar-refractivity contribution in [2.45, 2.75) is 38.9 Å². The van der Waals surface area contributed by atoms with Gasteiger partial charge in [-0.05, 0) is 43.5 Å². The third-order valence-corrected chi connectivity index (χ3v) is 3.20. The fraction of sp³-hybridized carbons (Fsp3) is 0.571. The second-order valence-corrected chi connectivity index (χ2v) is 4.87. The van der Waals surface area contributed by atoms with Gasteiger partial charge < -0.3 is 5.32 Å². The summed E-state index contributed by atoms with van der Waals surface area (Å²) in [5.74, 6) is 0.518. The highest BCUT2D eigenvalue weighted by Crippen LogP contribution is 2.29. The molecule has 1 rings (SSSR count). The Hall–Kier alpha value is -1.03. The van der Waals surface area contributed by atoms with Crippen LogP contribution in [0.4, 0.5) is 13.2 Å². The van der Waals surface area contributed by atoms with E-state index in [0.29, 0.717) is 12.0 Å². The molecular formula is C14H20F3N. The molecule has 1 aromatic carbocycles. The van der Waals surface area contributed by atoms with Gasteiger partial charge in [0, 0.05) is 6.04 Å². The number of hydrogen-bond donors (Lipinski definition) is 1. The molecule has 0 aliphatic rings. The molecular weight excluding hydrogens is 239 g/mol. The van der Waals surface area contributed by atoms with Crippen LogP contribution in [-0.4, -0.2) is 13.1 Å². The van der Waals surface area contributed by atoms with Crippen molar-refractivity contribution in [1.29, 1.82) is 0 Å². The summed E-state index contributed by atoms with van der Waals surface area (Å²) in [5, 5.41) is 3.23. The molecule has 18 heavy (non-hydrogen) atoms. The van der Waals surface area contributed by atoms with Crippen molar-refractivity contribution in [3.63, 3.8) is 0 Å². The number of hydrogen-bond acceptors (Lipinski definition) is 1. The van der Waals surface area contributed by atoms with Gasteiger partial charge in [-0.15, -0.1) is 0 Å². The molecule has 0 aliphatic heterocycles. The smallest absolute Gasteiger partial charge is 0.317 e. The molecule has 0 amide bonds. The molecule has 0 bridgehead atoms. The second-order valence-electron chi connectivity index (χ2n) is 4.87. The zero-order valence-electron chi connectivity index (χ0n) is 11.0. The Labute approximate surface area is 106 Å². The third kappa shape index (κ3) is 4.33. The normalized spacial score (nSPS) is 13.9. The van der Waals surface area contributed by atoms with Crippen molar-refractivity contribution in [3.05, 3.63) is 35.4 Å². The summed E-state index contributed by atoms with van der Waals surface area (Å²) in [6.07, 6.45) is -2.52. The van der Waals surface area contributed by atoms with Crippen molar-refractivity contribution in [2.24, 2.45) is 5.92 Å². The van der Waals surface area contributed by atoms with E-state index >= 15 is 0 Å². The van der Waals surface area contributed by atoms with Crippen LogP contribution in [0.3, 0.4) is 0 Å². The maximum Gasteiger partial charge on any atom is 0.416 e. The highest BCUT2D eigenvalue weighted by molar-refractivity contribution is 5.24. The predicted molar refractivity (Wildman–Crippen MR) is 67.5 cm³/mol. The molecule has 0 aliphatic carbocycles. The molecule has 0 heterocycles. The van der Waals surface area contributed by atoms with Crippen LogP contribution in [0.1, 0.15) is 31.4 Å². The topological polar surface area (TPSA) is 12.0 Å². The minimum Gasteiger partial charge on any atom is -0.317 e. The number of aryl methyl sites for hydroxylation is 1. The van der Waals surface area contributed by atoms with Gasteiger partial charge in [-0.3, -0.25) is 0 Å². The fourth-order valence-corrected chi connectivity index (χ4v) is 1.99. The van der Waals surface area contributed by atoms with Gasteiger partial charge in [-0.1, -0.05) is 26.0 Å². The Morgan fingerprint density at radius 3 is 2.06 bits per heavy atom. The lowest BCUT2D eigenvalue weighted by atomic mass is 9.96. The van der Waals surface area contributed by atoms with Crippen molar-refractivity contribution >= 4 is 0 Å². The summed E-state index contributed by atoms with van der Waals surface area (Å²) in [4.78, 5) is 0. The number of nitrogens with one attached hydrogen (secondary N) is 1. The van der Waals surface area contributed by atoms with E-state index in [-0.39, 0.29) is 0 Å². The van der Waals surface area contributed by atoms with Crippen LogP contribution in [0.25, 0.3) is 0 Å². The van der Waals surface area contributed by atoms with Crippen molar-refractivity contribution in [2.75, 3.05) is 7.05 Å². The van der Waals surface area contributed by atoms with Crippen LogP contribution in [-0.2, 0) is 12.6 Å². The van der Waals surface area contributed by atoms with Crippen LogP contribution < -0.4 is 5.32 Å². The molecule has 102 valence electrons. The largest absolute Gasteiger partial charge is 0.416 e. The molecule has 0 aromatic heterocycles. The highest BCUT2D eigenvalue weighted by atomic mass is 19.4. The van der Waals surface area contributed by atoms with Gasteiger partial charge in [0.2, 0.25) is 0 Å². The first-order valence-electron chi connectivity index (χ1n) is 6.18. The Bertz CT molecular complexity index is 354. The predicted octanol–water partition coefficient (Wildman–Crippen LogP) is 3.88. The molecule has 0 saturated carbocycles. The van der Waals surface area contributed by atoms with E-state index in [1.807, 2.05) is 7.05 Å². The van der Waals surface area contributed by atoms with Gasteiger partial charge in [-0.25, -0.2) is 0 Å². The van der Waals surface area contributed by atoms with E-state index in [1.54, 1.807) is 12.1 Å². The average molecular weight is 259 g/mol. The average Bonchev–Trinajstić information content (AvgIpc) is 2.29. The molecule has 1 N–H and O–H groups in total. The Morgan fingerprint density at radius 1 is 1.11 bits per heavy atom. The van der Waals surface area contributed by atoms with E-state index < -0.39 is 11.7 Å². The zero-order chi connectivity index (χ0) is 13.8. The number of rotatable bonds is 5. The maximum atomic E-state index is 12.4. The lowest BCUT2D eigenvalue weighted by Crippen LogP contribution is -2.30. The van der Waals surface area contributed by atoms with Gasteiger partial charge in [0.05, 0.1) is 5.56 Å². The minimum absolute atomic E-state index is 0.396. The number of halogens is 3. The minimum atomic E-state index is -4.25. The molecule has 0 spiro atoms. The lowest BCUT2D eigenvalue weighted by Gasteiger charge is -2.20. The van der Waals surface area contributed by atoms with Gasteiger partial charge in [-0.2, -0.15) is 13.2 Å². The summed E-state index contributed by atoms with van der Waals surface area (Å²) < 4.78 is 37.2. The first-order chi connectivity index (χ1) is 8.34. The Kier molecular flexibility index (Phi) is 5.20. The summed E-state index contributed by atoms with van der Waals surface area (Å²) in [5.41, 5.74) is 0.365. The van der Waals surface area contributed by atoms with Gasteiger partial charge >= 0.3 is 6.18 Å². The first kappa shape index (κ1) is 15.0. The van der Waals surface area contributed by atoms with E-state index in [1.165, 1.54) is 0 Å². The zero-order valence-corrected chi connectivity index (χ0v) is 11.0. The third-order valence-electron chi connectivity index (χ3n) is 3.20.